The van der Waals surface area contributed by atoms with Crippen LogP contribution in [0.2, 0.25) is 0 Å². The van der Waals surface area contributed by atoms with E-state index in [1.165, 1.54) is 23.6 Å². The number of carbonyl (C=O) groups is 1. The third kappa shape index (κ3) is 3.59. The Labute approximate surface area is 241 Å². The van der Waals surface area contributed by atoms with Crippen LogP contribution in [0.25, 0.3) is 10.8 Å². The molecule has 0 radical (unpaired) electrons. The number of benzene rings is 3. The molecule has 0 aliphatic heterocycles. The molecule has 2 fully saturated rings. The molecule has 4 aliphatic carbocycles. The van der Waals surface area contributed by atoms with E-state index in [0.717, 1.165) is 46.9 Å². The van der Waals surface area contributed by atoms with Crippen LogP contribution in [0.3, 0.4) is 0 Å². The molecule has 0 amide bonds. The van der Waals surface area contributed by atoms with Crippen LogP contribution in [-0.4, -0.2) is 46.7 Å². The lowest BCUT2D eigenvalue weighted by molar-refractivity contribution is -0.254. The number of fused-ring (bicyclic) bond motifs is 4. The van der Waals surface area contributed by atoms with Crippen molar-refractivity contribution in [3.05, 3.63) is 94.6 Å². The highest BCUT2D eigenvalue weighted by atomic mass is 16.6. The summed E-state index contributed by atoms with van der Waals surface area (Å²) >= 11 is 0. The number of ether oxygens (including phenoxy) is 1. The highest BCUT2D eigenvalue weighted by molar-refractivity contribution is 5.90. The number of hydrogen-bond acceptors (Lipinski definition) is 5. The van der Waals surface area contributed by atoms with Gasteiger partial charge in [0.2, 0.25) is 0 Å². The van der Waals surface area contributed by atoms with Crippen molar-refractivity contribution in [3.8, 4) is 0 Å². The van der Waals surface area contributed by atoms with E-state index >= 15 is 0 Å². The number of aryl methyl sites for hydroxylation is 2. The van der Waals surface area contributed by atoms with E-state index in [2.05, 4.69) is 62.0 Å². The fourth-order valence-corrected chi connectivity index (χ4v) is 9.44. The van der Waals surface area contributed by atoms with Crippen molar-refractivity contribution < 1.29 is 24.9 Å². The Morgan fingerprint density at radius 3 is 2.59 bits per heavy atom. The second-order valence-corrected chi connectivity index (χ2v) is 13.4. The zero-order chi connectivity index (χ0) is 28.7. The highest BCUT2D eigenvalue weighted by Crippen LogP contribution is 2.74. The Hall–Kier alpha value is -2.83. The Balaban J connectivity index is 1.44. The van der Waals surface area contributed by atoms with Gasteiger partial charge < -0.3 is 20.1 Å². The molecule has 4 aliphatic rings. The Kier molecular flexibility index (Phi) is 6.16. The summed E-state index contributed by atoms with van der Waals surface area (Å²) < 4.78 is 5.90. The number of carbonyl (C=O) groups excluding carboxylic acids is 1. The van der Waals surface area contributed by atoms with Crippen molar-refractivity contribution in [1.29, 1.82) is 0 Å². The van der Waals surface area contributed by atoms with Gasteiger partial charge in [-0.2, -0.15) is 0 Å². The third-order valence-corrected chi connectivity index (χ3v) is 11.5. The summed E-state index contributed by atoms with van der Waals surface area (Å²) in [5, 5.41) is 36.0. The van der Waals surface area contributed by atoms with Gasteiger partial charge in [-0.05, 0) is 83.0 Å². The molecule has 1 spiro atoms. The molecule has 214 valence electrons. The summed E-state index contributed by atoms with van der Waals surface area (Å²) in [5.41, 5.74) is 4.65. The van der Waals surface area contributed by atoms with Gasteiger partial charge in [0.1, 0.15) is 5.78 Å². The molecule has 0 aromatic heterocycles. The minimum Gasteiger partial charge on any atom is -0.396 e. The molecule has 3 aromatic rings. The van der Waals surface area contributed by atoms with Crippen molar-refractivity contribution in [2.24, 2.45) is 22.7 Å². The van der Waals surface area contributed by atoms with Gasteiger partial charge in [0.05, 0.1) is 11.5 Å². The summed E-state index contributed by atoms with van der Waals surface area (Å²) in [6, 6.07) is 19.4. The van der Waals surface area contributed by atoms with E-state index in [-0.39, 0.29) is 30.6 Å². The quantitative estimate of drug-likeness (QED) is 0.306. The molecule has 3 N–H and O–H groups in total. The molecule has 3 aromatic carbocycles. The lowest BCUT2D eigenvalue weighted by Crippen LogP contribution is -2.56. The number of methoxy groups -OCH3 is 1. The standard InChI is InChI=1S/C36H40O5/c1-21-33-28(20-37)19-35(36(33,40)41-3)32(39)12-8-22-5-4-6-23(13-22)15-30-29-17-27-14-24(18-34(21,35)2)7-9-25(27)16-26(29)10-11-31(30)38/h4-7,9,13-14,16-17,28,30-31,33,37-38,40H,1,8,10-12,15,18-20H2,2-3H3. The van der Waals surface area contributed by atoms with E-state index in [1.807, 2.05) is 6.07 Å². The summed E-state index contributed by atoms with van der Waals surface area (Å²) in [7, 11) is 1.48. The van der Waals surface area contributed by atoms with Crippen LogP contribution in [-0.2, 0) is 35.2 Å². The first-order valence-electron chi connectivity index (χ1n) is 15.1. The molecule has 7 rings (SSSR count). The summed E-state index contributed by atoms with van der Waals surface area (Å²) in [5.74, 6) is -2.54. The van der Waals surface area contributed by atoms with E-state index in [4.69, 9.17) is 4.74 Å². The normalized spacial score (nSPS) is 36.3. The summed E-state index contributed by atoms with van der Waals surface area (Å²) in [6.07, 6.45) is 3.69. The van der Waals surface area contributed by atoms with Gasteiger partial charge in [-0.1, -0.05) is 73.7 Å². The van der Waals surface area contributed by atoms with Crippen LogP contribution in [0.1, 0.15) is 59.9 Å². The zero-order valence-corrected chi connectivity index (χ0v) is 24.0. The second-order valence-electron chi connectivity index (χ2n) is 13.4. The average molecular weight is 553 g/mol. The second kappa shape index (κ2) is 9.34. The number of rotatable bonds is 2. The molecule has 7 atom stereocenters. The SMILES string of the molecule is C=C1C2C(CO)CC3(C(=O)CCc4cccc(c4)CC4c5cc6cc(ccc6cc5CCC4O)CC13C)C2(O)OC. The maximum Gasteiger partial charge on any atom is 0.185 e. The topological polar surface area (TPSA) is 87.0 Å². The number of aliphatic hydroxyl groups excluding tert-OH is 2. The van der Waals surface area contributed by atoms with Crippen molar-refractivity contribution in [2.45, 2.75) is 69.7 Å². The van der Waals surface area contributed by atoms with Crippen molar-refractivity contribution in [3.63, 3.8) is 0 Å². The van der Waals surface area contributed by atoms with Crippen molar-refractivity contribution >= 4 is 16.6 Å². The number of hydrogen-bond donors (Lipinski definition) is 3. The Morgan fingerprint density at radius 1 is 1.00 bits per heavy atom. The van der Waals surface area contributed by atoms with Crippen molar-refractivity contribution in [2.75, 3.05) is 13.7 Å². The maximum absolute atomic E-state index is 14.6. The van der Waals surface area contributed by atoms with Gasteiger partial charge in [-0.3, -0.25) is 4.79 Å². The smallest absolute Gasteiger partial charge is 0.185 e. The highest BCUT2D eigenvalue weighted by Gasteiger charge is 2.80. The molecular formula is C36H40O5. The fourth-order valence-electron chi connectivity index (χ4n) is 9.44. The first-order valence-corrected chi connectivity index (χ1v) is 15.1. The number of aliphatic hydroxyl groups is 3. The molecule has 7 unspecified atom stereocenters. The van der Waals surface area contributed by atoms with Crippen LogP contribution < -0.4 is 0 Å². The van der Waals surface area contributed by atoms with Gasteiger partial charge >= 0.3 is 0 Å². The number of ketones is 1. The molecular weight excluding hydrogens is 512 g/mol. The minimum atomic E-state index is -1.73. The van der Waals surface area contributed by atoms with Gasteiger partial charge in [0, 0.05) is 37.4 Å². The van der Waals surface area contributed by atoms with Gasteiger partial charge in [-0.15, -0.1) is 0 Å². The monoisotopic (exact) mass is 552 g/mol. The van der Waals surface area contributed by atoms with Crippen LogP contribution >= 0.6 is 0 Å². The minimum absolute atomic E-state index is 0.0230. The molecule has 0 heterocycles. The van der Waals surface area contributed by atoms with Gasteiger partial charge in [-0.25, -0.2) is 0 Å². The lowest BCUT2D eigenvalue weighted by Gasteiger charge is -2.48. The van der Waals surface area contributed by atoms with Crippen LogP contribution in [0, 0.1) is 22.7 Å². The summed E-state index contributed by atoms with van der Waals surface area (Å²) in [4.78, 5) is 14.6. The van der Waals surface area contributed by atoms with Crippen LogP contribution in [0.15, 0.2) is 66.7 Å². The first-order chi connectivity index (χ1) is 19.6. The average Bonchev–Trinajstić information content (AvgIpc) is 3.32. The van der Waals surface area contributed by atoms with Crippen LogP contribution in [0.5, 0.6) is 0 Å². The van der Waals surface area contributed by atoms with E-state index in [0.29, 0.717) is 19.3 Å². The molecule has 5 nitrogen and oxygen atoms in total. The first kappa shape index (κ1) is 27.0. The largest absolute Gasteiger partial charge is 0.396 e. The Bertz CT molecular complexity index is 1580. The summed E-state index contributed by atoms with van der Waals surface area (Å²) in [6.45, 7) is 6.43. The number of Topliss-reactive ketones (excluding diaryl/α,β-unsaturated/α-hetero) is 1. The van der Waals surface area contributed by atoms with Crippen molar-refractivity contribution in [1.82, 2.24) is 0 Å². The van der Waals surface area contributed by atoms with E-state index < -0.39 is 28.6 Å². The zero-order valence-electron chi connectivity index (χ0n) is 24.0. The van der Waals surface area contributed by atoms with Gasteiger partial charge in [0.25, 0.3) is 0 Å². The molecule has 2 saturated carbocycles. The van der Waals surface area contributed by atoms with E-state index in [1.54, 1.807) is 0 Å². The predicted molar refractivity (Wildman–Crippen MR) is 159 cm³/mol. The van der Waals surface area contributed by atoms with Gasteiger partial charge in [0.15, 0.2) is 5.79 Å². The van der Waals surface area contributed by atoms with Crippen LogP contribution in [0.4, 0.5) is 0 Å². The molecule has 41 heavy (non-hydrogen) atoms. The fraction of sp³-hybridized carbons (Fsp3) is 0.472. The maximum atomic E-state index is 14.6. The Morgan fingerprint density at radius 2 is 1.80 bits per heavy atom. The molecule has 7 bridgehead atoms. The molecule has 5 heteroatoms. The predicted octanol–water partition coefficient (Wildman–Crippen LogP) is 5.06. The lowest BCUT2D eigenvalue weighted by atomic mass is 9.55. The third-order valence-electron chi connectivity index (χ3n) is 11.5. The van der Waals surface area contributed by atoms with E-state index in [9.17, 15) is 20.1 Å². The molecule has 0 saturated heterocycles.